The number of hydrogen-bond donors (Lipinski definition) is 1. The van der Waals surface area contributed by atoms with Crippen LogP contribution >= 0.6 is 0 Å². The molecule has 0 rings (SSSR count). The summed E-state index contributed by atoms with van der Waals surface area (Å²) in [6, 6.07) is 0. The van der Waals surface area contributed by atoms with Crippen molar-refractivity contribution in [3.63, 3.8) is 0 Å². The van der Waals surface area contributed by atoms with Crippen LogP contribution in [0.5, 0.6) is 0 Å². The van der Waals surface area contributed by atoms with E-state index in [0.717, 1.165) is 6.21 Å². The number of carbonyl (C=O) groups excluding carboxylic acids is 3. The van der Waals surface area contributed by atoms with Crippen LogP contribution in [0.3, 0.4) is 0 Å². The van der Waals surface area contributed by atoms with E-state index in [1.165, 1.54) is 14.1 Å². The minimum atomic E-state index is -1.68. The van der Waals surface area contributed by atoms with E-state index in [4.69, 9.17) is 14.7 Å². The van der Waals surface area contributed by atoms with Crippen molar-refractivity contribution in [1.82, 2.24) is 0 Å². The summed E-state index contributed by atoms with van der Waals surface area (Å²) < 4.78 is 0. The molecule has 8 nitrogen and oxygen atoms in total. The molecule has 0 saturated carbocycles. The number of carbonyl (C=O) groups is 3. The molecule has 4 N–H and O–H groups in total. The Morgan fingerprint density at radius 1 is 1.06 bits per heavy atom. The molecule has 0 heterocycles. The molecule has 0 amide bonds. The van der Waals surface area contributed by atoms with Crippen LogP contribution in [0, 0.1) is 0 Å². The molecule has 10 heteroatoms. The van der Waals surface area contributed by atoms with Gasteiger partial charge in [0.25, 0.3) is 0 Å². The fourth-order valence-electron chi connectivity index (χ4n) is 0.105. The maximum Gasteiger partial charge on any atom is 1.00 e. The molecule has 0 aliphatic carbocycles. The molecule has 0 unspecified atom stereocenters. The Hall–Kier alpha value is 0.200. The van der Waals surface area contributed by atoms with E-state index >= 15 is 0 Å². The third-order valence-electron chi connectivity index (χ3n) is 0.331. The second-order valence-electron chi connectivity index (χ2n) is 1.14. The van der Waals surface area contributed by atoms with Gasteiger partial charge < -0.3 is 31.0 Å². The molecule has 0 saturated heterocycles. The Bertz CT molecular complexity index is 190. The standard InChI is InChI=1S/C3H5NO2.C2H2O3.CH5N.2CH4.2Na.H2O/c1-4-2-3(5)6;3-1-2(4)5;1-2;;;;;/h2H,1H3,(H,5,6);1H,(H,4,5);2H2,1H3;2*1H4;;;1H2/q;;;;;2*+1;/p-2. The summed E-state index contributed by atoms with van der Waals surface area (Å²) in [4.78, 5) is 30.2. The monoisotopic (exact) mass is 286 g/mol. The van der Waals surface area contributed by atoms with E-state index in [9.17, 15) is 9.90 Å². The molecule has 0 aromatic rings. The Kier molecular flexibility index (Phi) is 153. The first kappa shape index (κ1) is 51.8. The summed E-state index contributed by atoms with van der Waals surface area (Å²) >= 11 is 0. The minimum absolute atomic E-state index is 0. The number of hydrogen-bond acceptors (Lipinski definition) is 7. The minimum Gasteiger partial charge on any atom is -0.544 e. The van der Waals surface area contributed by atoms with Gasteiger partial charge in [-0.15, -0.1) is 0 Å². The van der Waals surface area contributed by atoms with Crippen molar-refractivity contribution in [2.75, 3.05) is 14.1 Å². The summed E-state index contributed by atoms with van der Waals surface area (Å²) in [6.45, 7) is 0. The average molecular weight is 286 g/mol. The predicted octanol–water partition coefficient (Wildman–Crippen LogP) is -9.60. The van der Waals surface area contributed by atoms with Gasteiger partial charge in [0.15, 0.2) is 6.29 Å². The Balaban J connectivity index is -0.0000000131. The van der Waals surface area contributed by atoms with E-state index in [2.05, 4.69) is 10.7 Å². The number of carboxylic acid groups (broad SMARTS) is 2. The number of carboxylic acids is 2. The molecule has 0 radical (unpaired) electrons. The fraction of sp³-hybridized carbons (Fsp3) is 0.500. The summed E-state index contributed by atoms with van der Waals surface area (Å²) in [5.74, 6) is -2.93. The third kappa shape index (κ3) is 138. The predicted molar refractivity (Wildman–Crippen MR) is 57.7 cm³/mol. The van der Waals surface area contributed by atoms with Crippen molar-refractivity contribution in [3.05, 3.63) is 0 Å². The first-order valence-electron chi connectivity index (χ1n) is 2.91. The Morgan fingerprint density at radius 2 is 1.28 bits per heavy atom. The van der Waals surface area contributed by atoms with Crippen molar-refractivity contribution in [1.29, 1.82) is 0 Å². The molecule has 100 valence electrons. The zero-order valence-electron chi connectivity index (χ0n) is 9.72. The SMILES string of the molecule is C.C.CN.CN=CC(=O)[O-].O.O=CC(=O)[O-].[Na+].[Na+]. The van der Waals surface area contributed by atoms with E-state index < -0.39 is 11.9 Å². The molecule has 0 aromatic carbocycles. The zero-order valence-corrected chi connectivity index (χ0v) is 13.7. The van der Waals surface area contributed by atoms with Crippen molar-refractivity contribution in [2.45, 2.75) is 14.9 Å². The molecular weight excluding hydrogens is 266 g/mol. The maximum absolute atomic E-state index is 9.34. The van der Waals surface area contributed by atoms with Gasteiger partial charge in [-0.3, -0.25) is 9.79 Å². The van der Waals surface area contributed by atoms with Gasteiger partial charge >= 0.3 is 59.1 Å². The van der Waals surface area contributed by atoms with Crippen LogP contribution in [0.4, 0.5) is 0 Å². The summed E-state index contributed by atoms with van der Waals surface area (Å²) in [5, 5.41) is 18.2. The Morgan fingerprint density at radius 3 is 1.28 bits per heavy atom. The van der Waals surface area contributed by atoms with Gasteiger partial charge in [-0.1, -0.05) is 14.9 Å². The van der Waals surface area contributed by atoms with E-state index in [0.29, 0.717) is 0 Å². The molecule has 0 fully saturated rings. The van der Waals surface area contributed by atoms with Crippen LogP contribution in [0.15, 0.2) is 4.99 Å². The van der Waals surface area contributed by atoms with Crippen LogP contribution in [0.25, 0.3) is 0 Å². The molecular formula is C8H20N2Na2O6. The number of aliphatic imine (C=N–C) groups is 1. The van der Waals surface area contributed by atoms with Crippen molar-refractivity contribution >= 4 is 24.4 Å². The van der Waals surface area contributed by atoms with Gasteiger partial charge in [0, 0.05) is 13.3 Å². The maximum atomic E-state index is 9.34. The average Bonchev–Trinajstić information content (AvgIpc) is 2.09. The topological polar surface area (TPSA) is 167 Å². The van der Waals surface area contributed by atoms with Crippen LogP contribution in [-0.4, -0.2) is 44.0 Å². The van der Waals surface area contributed by atoms with E-state index in [1.807, 2.05) is 0 Å². The first-order chi connectivity index (χ1) is 6.04. The van der Waals surface area contributed by atoms with Gasteiger partial charge in [-0.2, -0.15) is 0 Å². The molecule has 0 atom stereocenters. The van der Waals surface area contributed by atoms with Gasteiger partial charge in [-0.05, 0) is 7.05 Å². The molecule has 0 aromatic heterocycles. The first-order valence-corrected chi connectivity index (χ1v) is 2.91. The Labute approximate surface area is 152 Å². The number of nitrogens with zero attached hydrogens (tertiary/aromatic N) is 1. The van der Waals surface area contributed by atoms with Crippen molar-refractivity contribution in [3.8, 4) is 0 Å². The van der Waals surface area contributed by atoms with Crippen LogP contribution in [0.2, 0.25) is 0 Å². The third-order valence-corrected chi connectivity index (χ3v) is 0.331. The zero-order chi connectivity index (χ0) is 11.3. The normalized spacial score (nSPS) is 5.28. The number of aldehydes is 1. The van der Waals surface area contributed by atoms with Gasteiger partial charge in [0.2, 0.25) is 0 Å². The van der Waals surface area contributed by atoms with E-state index in [1.54, 1.807) is 0 Å². The van der Waals surface area contributed by atoms with Crippen molar-refractivity contribution < 1.29 is 89.2 Å². The van der Waals surface area contributed by atoms with E-state index in [-0.39, 0.29) is 85.7 Å². The molecule has 0 aliphatic heterocycles. The number of nitrogens with two attached hydrogens (primary N) is 1. The second kappa shape index (κ2) is 53.3. The van der Waals surface area contributed by atoms with Gasteiger partial charge in [0.05, 0.1) is 5.97 Å². The van der Waals surface area contributed by atoms with Crippen LogP contribution < -0.4 is 75.1 Å². The summed E-state index contributed by atoms with van der Waals surface area (Å²) in [6.07, 6.45) is 0.444. The van der Waals surface area contributed by atoms with Gasteiger partial charge in [-0.25, -0.2) is 0 Å². The van der Waals surface area contributed by atoms with Crippen molar-refractivity contribution in [2.24, 2.45) is 10.7 Å². The van der Waals surface area contributed by atoms with Crippen LogP contribution in [0.1, 0.15) is 14.9 Å². The van der Waals surface area contributed by atoms with Crippen LogP contribution in [-0.2, 0) is 14.4 Å². The largest absolute Gasteiger partial charge is 1.00 e. The molecule has 0 bridgehead atoms. The second-order valence-corrected chi connectivity index (χ2v) is 1.14. The quantitative estimate of drug-likeness (QED) is 0.229. The molecule has 0 spiro atoms. The number of rotatable bonds is 2. The molecule has 0 aliphatic rings. The summed E-state index contributed by atoms with van der Waals surface area (Å²) in [5.41, 5.74) is 4.50. The smallest absolute Gasteiger partial charge is 0.544 e. The number of aliphatic carboxylic acids is 2. The molecule has 18 heavy (non-hydrogen) atoms. The summed E-state index contributed by atoms with van der Waals surface area (Å²) in [7, 11) is 2.87. The van der Waals surface area contributed by atoms with Gasteiger partial charge in [0.1, 0.15) is 5.97 Å². The fourth-order valence-corrected chi connectivity index (χ4v) is 0.105.